The van der Waals surface area contributed by atoms with Crippen LogP contribution in [0, 0.1) is 0 Å². The van der Waals surface area contributed by atoms with Crippen LogP contribution in [-0.2, 0) is 11.0 Å². The monoisotopic (exact) mass is 499 g/mol. The van der Waals surface area contributed by atoms with E-state index >= 15 is 0 Å². The third-order valence-electron chi connectivity index (χ3n) is 6.28. The molecule has 0 spiro atoms. The van der Waals surface area contributed by atoms with E-state index in [1.165, 1.54) is 6.20 Å². The van der Waals surface area contributed by atoms with Crippen LogP contribution in [0.5, 0.6) is 0 Å². The van der Waals surface area contributed by atoms with E-state index in [-0.39, 0.29) is 17.5 Å². The Kier molecular flexibility index (Phi) is 5.94. The lowest BCUT2D eigenvalue weighted by molar-refractivity contribution is -0.137. The minimum atomic E-state index is -4.63. The molecule has 1 amide bonds. The van der Waals surface area contributed by atoms with Gasteiger partial charge in [-0.05, 0) is 45.1 Å². The Morgan fingerprint density at radius 1 is 1.14 bits per heavy atom. The number of carbonyl (C=O) groups excluding carboxylic acids is 1. The van der Waals surface area contributed by atoms with Gasteiger partial charge in [-0.3, -0.25) is 9.78 Å². The molecule has 1 aliphatic rings. The van der Waals surface area contributed by atoms with Crippen molar-refractivity contribution in [2.24, 2.45) is 0 Å². The van der Waals surface area contributed by atoms with Gasteiger partial charge in [0.15, 0.2) is 0 Å². The quantitative estimate of drug-likeness (QED) is 0.455. The second-order valence-corrected chi connectivity index (χ2v) is 9.09. The number of likely N-dealkylation sites (N-methyl/N-ethyl adjacent to an activating group) is 1. The Morgan fingerprint density at radius 2 is 1.89 bits per heavy atom. The van der Waals surface area contributed by atoms with Crippen LogP contribution in [0.2, 0.25) is 0 Å². The molecule has 1 fully saturated rings. The molecule has 5 heterocycles. The van der Waals surface area contributed by atoms with Crippen LogP contribution in [0.25, 0.3) is 33.3 Å². The summed E-state index contributed by atoms with van der Waals surface area (Å²) < 4.78 is 41.9. The van der Waals surface area contributed by atoms with Crippen molar-refractivity contribution >= 4 is 33.8 Å². The Hall–Kier alpha value is -3.87. The highest BCUT2D eigenvalue weighted by atomic mass is 19.4. The highest BCUT2D eigenvalue weighted by molar-refractivity contribution is 5.99. The first kappa shape index (κ1) is 23.9. The predicted molar refractivity (Wildman–Crippen MR) is 127 cm³/mol. The number of amides is 1. The molecular weight excluding hydrogens is 475 g/mol. The number of hydrogen-bond donors (Lipinski definition) is 1. The summed E-state index contributed by atoms with van der Waals surface area (Å²) >= 11 is 0. The van der Waals surface area contributed by atoms with Crippen LogP contribution < -0.4 is 5.73 Å². The minimum Gasteiger partial charge on any atom is -0.383 e. The zero-order valence-electron chi connectivity index (χ0n) is 19.7. The van der Waals surface area contributed by atoms with Crippen molar-refractivity contribution in [2.75, 3.05) is 39.5 Å². The molecule has 4 aromatic heterocycles. The van der Waals surface area contributed by atoms with Crippen molar-refractivity contribution in [3.63, 3.8) is 0 Å². The second kappa shape index (κ2) is 8.97. The van der Waals surface area contributed by atoms with E-state index in [9.17, 15) is 18.0 Å². The molecule has 10 nitrogen and oxygen atoms in total. The van der Waals surface area contributed by atoms with Gasteiger partial charge in [0.25, 0.3) is 0 Å². The largest absolute Gasteiger partial charge is 0.419 e. The first-order valence-electron chi connectivity index (χ1n) is 11.4. The maximum Gasteiger partial charge on any atom is 0.419 e. The molecule has 13 heteroatoms. The first-order valence-corrected chi connectivity index (χ1v) is 11.4. The number of hydrogen-bond acceptors (Lipinski definition) is 8. The summed E-state index contributed by atoms with van der Waals surface area (Å²) in [5.41, 5.74) is 7.14. The third kappa shape index (κ3) is 4.41. The summed E-state index contributed by atoms with van der Waals surface area (Å²) in [4.78, 5) is 28.9. The van der Waals surface area contributed by atoms with E-state index in [2.05, 4.69) is 25.3 Å². The van der Waals surface area contributed by atoms with Gasteiger partial charge in [-0.25, -0.2) is 14.6 Å². The van der Waals surface area contributed by atoms with Crippen molar-refractivity contribution in [3.05, 3.63) is 36.2 Å². The molecule has 0 aliphatic carbocycles. The summed E-state index contributed by atoms with van der Waals surface area (Å²) in [6, 6.07) is 4.22. The molecule has 0 radical (unpaired) electrons. The highest BCUT2D eigenvalue weighted by Gasteiger charge is 2.34. The van der Waals surface area contributed by atoms with Crippen LogP contribution in [0.15, 0.2) is 30.6 Å². The van der Waals surface area contributed by atoms with Crippen LogP contribution in [0.1, 0.15) is 24.4 Å². The molecule has 1 saturated heterocycles. The molecule has 0 atom stereocenters. The van der Waals surface area contributed by atoms with Crippen molar-refractivity contribution in [1.29, 1.82) is 0 Å². The van der Waals surface area contributed by atoms with Crippen LogP contribution >= 0.6 is 0 Å². The number of alkyl halides is 3. The Bertz CT molecular complexity index is 1440. The lowest BCUT2D eigenvalue weighted by Gasteiger charge is -2.32. The lowest BCUT2D eigenvalue weighted by Crippen LogP contribution is -2.43. The van der Waals surface area contributed by atoms with E-state index in [1.807, 2.05) is 23.9 Å². The van der Waals surface area contributed by atoms with Crippen LogP contribution in [0.4, 0.5) is 19.0 Å². The Labute approximate surface area is 203 Å². The van der Waals surface area contributed by atoms with E-state index in [4.69, 9.17) is 5.73 Å². The maximum atomic E-state index is 13.4. The number of fused-ring (bicyclic) bond motifs is 3. The lowest BCUT2D eigenvalue weighted by atomic mass is 10.0. The van der Waals surface area contributed by atoms with Crippen LogP contribution in [-0.4, -0.2) is 79.4 Å². The third-order valence-corrected chi connectivity index (χ3v) is 6.28. The van der Waals surface area contributed by atoms with Gasteiger partial charge in [-0.2, -0.15) is 13.2 Å². The van der Waals surface area contributed by atoms with Gasteiger partial charge >= 0.3 is 6.18 Å². The number of likely N-dealkylation sites (tertiary alicyclic amines) is 1. The van der Waals surface area contributed by atoms with Crippen LogP contribution in [0.3, 0.4) is 0 Å². The van der Waals surface area contributed by atoms with Gasteiger partial charge in [0.2, 0.25) is 5.91 Å². The molecule has 0 aromatic carbocycles. The number of pyridine rings is 3. The number of piperidine rings is 1. The second-order valence-electron chi connectivity index (χ2n) is 9.09. The fourth-order valence-corrected chi connectivity index (χ4v) is 4.47. The summed E-state index contributed by atoms with van der Waals surface area (Å²) in [5.74, 6) is -0.507. The van der Waals surface area contributed by atoms with Crippen molar-refractivity contribution in [2.45, 2.75) is 25.1 Å². The van der Waals surface area contributed by atoms with Crippen molar-refractivity contribution < 1.29 is 18.0 Å². The van der Waals surface area contributed by atoms with Gasteiger partial charge in [-0.1, -0.05) is 5.21 Å². The number of anilines is 1. The zero-order valence-corrected chi connectivity index (χ0v) is 19.7. The normalized spacial score (nSPS) is 15.3. The van der Waals surface area contributed by atoms with Crippen molar-refractivity contribution in [1.82, 2.24) is 39.7 Å². The summed E-state index contributed by atoms with van der Waals surface area (Å²) in [6.07, 6.45) is -0.382. The standard InChI is InChI=1S/C23H24F3N9O/c1-33(2)12-19(36)34-7-5-14(6-8-34)35-21-18(31-32-35)11-28-17-4-3-16(30-20(17)21)13-9-15(23(24,25)26)22(27)29-10-13/h3-4,9-11,14H,5-8,12H2,1-2H3,(H2,27,29). The Balaban J connectivity index is 1.51. The molecule has 4 aromatic rings. The molecule has 0 unspecified atom stereocenters. The van der Waals surface area contributed by atoms with E-state index < -0.39 is 17.6 Å². The number of nitrogen functional groups attached to an aromatic ring is 1. The zero-order chi connectivity index (χ0) is 25.6. The molecule has 1 aliphatic heterocycles. The first-order chi connectivity index (χ1) is 17.1. The molecule has 5 rings (SSSR count). The fourth-order valence-electron chi connectivity index (χ4n) is 4.47. The SMILES string of the molecule is CN(C)CC(=O)N1CCC(n2nnc3cnc4ccc(-c5cnc(N)c(C(F)(F)F)c5)nc4c32)CC1. The predicted octanol–water partition coefficient (Wildman–Crippen LogP) is 2.76. The smallest absolute Gasteiger partial charge is 0.383 e. The number of nitrogens with two attached hydrogens (primary N) is 1. The number of aromatic nitrogens is 6. The average molecular weight is 500 g/mol. The molecule has 36 heavy (non-hydrogen) atoms. The van der Waals surface area contributed by atoms with Crippen molar-refractivity contribution in [3.8, 4) is 11.3 Å². The van der Waals surface area contributed by atoms with Gasteiger partial charge in [-0.15, -0.1) is 5.10 Å². The fraction of sp³-hybridized carbons (Fsp3) is 0.391. The molecule has 0 saturated carbocycles. The topological polar surface area (TPSA) is 119 Å². The molecule has 0 bridgehead atoms. The molecular formula is C23H24F3N9O. The maximum absolute atomic E-state index is 13.4. The summed E-state index contributed by atoms with van der Waals surface area (Å²) in [5, 5.41) is 8.59. The Morgan fingerprint density at radius 3 is 2.58 bits per heavy atom. The van der Waals surface area contributed by atoms with Gasteiger partial charge in [0.1, 0.15) is 22.4 Å². The number of halogens is 3. The van der Waals surface area contributed by atoms with E-state index in [0.717, 1.165) is 6.07 Å². The highest BCUT2D eigenvalue weighted by Crippen LogP contribution is 2.35. The minimum absolute atomic E-state index is 0.00974. The van der Waals surface area contributed by atoms with E-state index in [0.29, 0.717) is 60.2 Å². The summed E-state index contributed by atoms with van der Waals surface area (Å²) in [6.45, 7) is 1.55. The van der Waals surface area contributed by atoms with Gasteiger partial charge in [0.05, 0.1) is 35.6 Å². The summed E-state index contributed by atoms with van der Waals surface area (Å²) in [7, 11) is 3.72. The molecule has 188 valence electrons. The van der Waals surface area contributed by atoms with E-state index in [1.54, 1.807) is 23.0 Å². The number of carbonyl (C=O) groups is 1. The number of rotatable bonds is 4. The van der Waals surface area contributed by atoms with Gasteiger partial charge < -0.3 is 15.5 Å². The molecule has 2 N–H and O–H groups in total. The number of nitrogens with zero attached hydrogens (tertiary/aromatic N) is 8. The average Bonchev–Trinajstić information content (AvgIpc) is 3.28. The van der Waals surface area contributed by atoms with Gasteiger partial charge in [0, 0.05) is 24.8 Å².